The van der Waals surface area contributed by atoms with E-state index in [1.165, 1.54) is 23.5 Å². The molecule has 33 heavy (non-hydrogen) atoms. The van der Waals surface area contributed by atoms with Crippen molar-refractivity contribution in [3.8, 4) is 0 Å². The van der Waals surface area contributed by atoms with Gasteiger partial charge in [-0.2, -0.15) is 13.2 Å². The van der Waals surface area contributed by atoms with Crippen LogP contribution in [-0.4, -0.2) is 70.4 Å². The molecular formula is C22H25F3N4O4. The second-order valence-electron chi connectivity index (χ2n) is 8.02. The number of carbonyl (C=O) groups is 2. The van der Waals surface area contributed by atoms with Crippen molar-refractivity contribution < 1.29 is 32.6 Å². The van der Waals surface area contributed by atoms with E-state index in [1.54, 1.807) is 6.20 Å². The molecule has 1 amide bonds. The summed E-state index contributed by atoms with van der Waals surface area (Å²) in [6.07, 6.45) is -0.224. The van der Waals surface area contributed by atoms with Crippen LogP contribution in [0.4, 0.5) is 13.2 Å². The van der Waals surface area contributed by atoms with E-state index in [1.807, 2.05) is 0 Å². The number of hydrogen-bond acceptors (Lipinski definition) is 6. The summed E-state index contributed by atoms with van der Waals surface area (Å²) < 4.78 is 37.7. The van der Waals surface area contributed by atoms with E-state index >= 15 is 0 Å². The maximum atomic E-state index is 12.2. The Morgan fingerprint density at radius 3 is 2.61 bits per heavy atom. The quantitative estimate of drug-likeness (QED) is 0.697. The molecule has 0 bridgehead atoms. The van der Waals surface area contributed by atoms with Gasteiger partial charge in [-0.05, 0) is 18.1 Å². The van der Waals surface area contributed by atoms with Crippen LogP contribution in [0.2, 0.25) is 0 Å². The van der Waals surface area contributed by atoms with Gasteiger partial charge in [-0.25, -0.2) is 9.78 Å². The average Bonchev–Trinajstić information content (AvgIpc) is 3.34. The van der Waals surface area contributed by atoms with Gasteiger partial charge in [0.25, 0.3) is 5.91 Å². The number of nitrogens with one attached hydrogen (secondary N) is 1. The SMILES string of the molecule is Cc1ccccc1CN1C[C@@H]2[C@H](CNC(=O)c3cnccn3)CO[C@@H]2C1.O=C(O)C(F)(F)F. The highest BCUT2D eigenvalue weighted by atomic mass is 19.4. The van der Waals surface area contributed by atoms with Gasteiger partial charge >= 0.3 is 12.1 Å². The summed E-state index contributed by atoms with van der Waals surface area (Å²) in [7, 11) is 0. The topological polar surface area (TPSA) is 105 Å². The number of nitrogens with zero attached hydrogens (tertiary/aromatic N) is 3. The Kier molecular flexibility index (Phi) is 7.98. The highest BCUT2D eigenvalue weighted by Gasteiger charge is 2.43. The maximum absolute atomic E-state index is 12.2. The molecule has 2 saturated heterocycles. The molecule has 0 saturated carbocycles. The molecule has 0 radical (unpaired) electrons. The zero-order valence-corrected chi connectivity index (χ0v) is 18.0. The van der Waals surface area contributed by atoms with Crippen molar-refractivity contribution in [3.63, 3.8) is 0 Å². The molecule has 3 heterocycles. The molecule has 2 aromatic rings. The van der Waals surface area contributed by atoms with Crippen molar-refractivity contribution in [1.29, 1.82) is 0 Å². The Bertz CT molecular complexity index is 958. The number of aryl methyl sites for hydroxylation is 1. The van der Waals surface area contributed by atoms with Gasteiger partial charge in [0.15, 0.2) is 0 Å². The Morgan fingerprint density at radius 1 is 1.24 bits per heavy atom. The average molecular weight is 466 g/mol. The molecule has 4 rings (SSSR count). The molecule has 2 N–H and O–H groups in total. The monoisotopic (exact) mass is 466 g/mol. The first-order valence-corrected chi connectivity index (χ1v) is 10.4. The number of benzene rings is 1. The van der Waals surface area contributed by atoms with Crippen molar-refractivity contribution in [2.24, 2.45) is 11.8 Å². The smallest absolute Gasteiger partial charge is 0.475 e. The van der Waals surface area contributed by atoms with Crippen molar-refractivity contribution in [3.05, 3.63) is 59.7 Å². The lowest BCUT2D eigenvalue weighted by Gasteiger charge is -2.20. The first kappa shape index (κ1) is 24.6. The molecule has 0 unspecified atom stereocenters. The Labute approximate surface area is 188 Å². The van der Waals surface area contributed by atoms with Crippen molar-refractivity contribution >= 4 is 11.9 Å². The van der Waals surface area contributed by atoms with Crippen LogP contribution in [0.25, 0.3) is 0 Å². The second-order valence-corrected chi connectivity index (χ2v) is 8.02. The van der Waals surface area contributed by atoms with Gasteiger partial charge in [0.2, 0.25) is 0 Å². The Balaban J connectivity index is 0.000000383. The third-order valence-corrected chi connectivity index (χ3v) is 5.73. The molecule has 0 spiro atoms. The van der Waals surface area contributed by atoms with Gasteiger partial charge in [0.05, 0.1) is 18.9 Å². The minimum absolute atomic E-state index is 0.170. The van der Waals surface area contributed by atoms with Crippen LogP contribution in [0, 0.1) is 18.8 Å². The third-order valence-electron chi connectivity index (χ3n) is 5.73. The summed E-state index contributed by atoms with van der Waals surface area (Å²) in [6, 6.07) is 8.54. The summed E-state index contributed by atoms with van der Waals surface area (Å²) >= 11 is 0. The first-order chi connectivity index (χ1) is 15.6. The lowest BCUT2D eigenvalue weighted by Crippen LogP contribution is -2.34. The number of alkyl halides is 3. The molecule has 1 aromatic carbocycles. The van der Waals surface area contributed by atoms with E-state index < -0.39 is 12.1 Å². The first-order valence-electron chi connectivity index (χ1n) is 10.4. The standard InChI is InChI=1S/C20H24N4O2.C2HF3O2/c1-14-4-2-3-5-15(14)10-24-11-17-16(13-26-19(17)12-24)8-23-20(25)18-9-21-6-7-22-18;3-2(4,5)1(6)7/h2-7,9,16-17,19H,8,10-13H2,1H3,(H,23,25);(H,6,7)/t16-,17-,19-;/m1./s1. The van der Waals surface area contributed by atoms with E-state index in [-0.39, 0.29) is 12.0 Å². The molecule has 178 valence electrons. The van der Waals surface area contributed by atoms with E-state index in [0.29, 0.717) is 30.7 Å². The number of carbonyl (C=O) groups excluding carboxylic acids is 1. The number of ether oxygens (including phenoxy) is 1. The maximum Gasteiger partial charge on any atom is 0.490 e. The number of hydrogen-bond donors (Lipinski definition) is 2. The predicted octanol–water partition coefficient (Wildman–Crippen LogP) is 2.30. The van der Waals surface area contributed by atoms with Crippen molar-refractivity contribution in [2.75, 3.05) is 26.2 Å². The molecule has 1 aromatic heterocycles. The van der Waals surface area contributed by atoms with Crippen LogP contribution < -0.4 is 5.32 Å². The molecule has 11 heteroatoms. The minimum atomic E-state index is -5.08. The summed E-state index contributed by atoms with van der Waals surface area (Å²) in [5.74, 6) is -2.10. The van der Waals surface area contributed by atoms with Gasteiger partial charge in [-0.15, -0.1) is 0 Å². The van der Waals surface area contributed by atoms with Crippen LogP contribution >= 0.6 is 0 Å². The number of aromatic nitrogens is 2. The fourth-order valence-corrected chi connectivity index (χ4v) is 3.98. The fourth-order valence-electron chi connectivity index (χ4n) is 3.98. The second kappa shape index (κ2) is 10.7. The van der Waals surface area contributed by atoms with Gasteiger partial charge in [0.1, 0.15) is 5.69 Å². The van der Waals surface area contributed by atoms with Gasteiger partial charge in [-0.1, -0.05) is 24.3 Å². The Hall–Kier alpha value is -3.05. The number of aliphatic carboxylic acids is 1. The number of likely N-dealkylation sites (tertiary alicyclic amines) is 1. The number of rotatable bonds is 5. The van der Waals surface area contributed by atoms with Crippen molar-refractivity contribution in [1.82, 2.24) is 20.2 Å². The number of carboxylic acid groups (broad SMARTS) is 1. The Morgan fingerprint density at radius 2 is 1.97 bits per heavy atom. The molecule has 0 aliphatic carbocycles. The van der Waals surface area contributed by atoms with E-state index in [4.69, 9.17) is 14.6 Å². The van der Waals surface area contributed by atoms with Gasteiger partial charge in [0, 0.05) is 50.4 Å². The lowest BCUT2D eigenvalue weighted by molar-refractivity contribution is -0.192. The summed E-state index contributed by atoms with van der Waals surface area (Å²) in [5.41, 5.74) is 3.06. The third kappa shape index (κ3) is 6.72. The van der Waals surface area contributed by atoms with E-state index in [9.17, 15) is 18.0 Å². The van der Waals surface area contributed by atoms with Crippen LogP contribution in [0.15, 0.2) is 42.9 Å². The molecule has 2 fully saturated rings. The van der Waals surface area contributed by atoms with Gasteiger partial charge in [-0.3, -0.25) is 14.7 Å². The van der Waals surface area contributed by atoms with Crippen molar-refractivity contribution in [2.45, 2.75) is 25.7 Å². The van der Waals surface area contributed by atoms with E-state index in [2.05, 4.69) is 51.4 Å². The molecule has 3 atom stereocenters. The largest absolute Gasteiger partial charge is 0.490 e. The number of halogens is 3. The fraction of sp³-hybridized carbons (Fsp3) is 0.455. The lowest BCUT2D eigenvalue weighted by atomic mass is 9.93. The van der Waals surface area contributed by atoms with Crippen LogP contribution in [0.5, 0.6) is 0 Å². The van der Waals surface area contributed by atoms with Crippen LogP contribution in [-0.2, 0) is 16.1 Å². The summed E-state index contributed by atoms with van der Waals surface area (Å²) in [5, 5.41) is 10.1. The van der Waals surface area contributed by atoms with Gasteiger partial charge < -0.3 is 15.2 Å². The molecule has 2 aliphatic heterocycles. The molecule has 8 nitrogen and oxygen atoms in total. The predicted molar refractivity (Wildman–Crippen MR) is 111 cm³/mol. The number of fused-ring (bicyclic) bond motifs is 1. The normalized spacial score (nSPS) is 22.2. The summed E-state index contributed by atoms with van der Waals surface area (Å²) in [6.45, 7) is 6.44. The molecular weight excluding hydrogens is 441 g/mol. The minimum Gasteiger partial charge on any atom is -0.475 e. The van der Waals surface area contributed by atoms with Crippen LogP contribution in [0.3, 0.4) is 0 Å². The van der Waals surface area contributed by atoms with E-state index in [0.717, 1.165) is 19.6 Å². The zero-order chi connectivity index (χ0) is 24.0. The highest BCUT2D eigenvalue weighted by molar-refractivity contribution is 5.91. The molecule has 2 aliphatic rings. The zero-order valence-electron chi connectivity index (χ0n) is 18.0. The summed E-state index contributed by atoms with van der Waals surface area (Å²) in [4.78, 5) is 31.5. The van der Waals surface area contributed by atoms with Crippen LogP contribution in [0.1, 0.15) is 21.6 Å². The number of carboxylic acids is 1. The number of amides is 1. The highest BCUT2D eigenvalue weighted by Crippen LogP contribution is 2.34.